The fraction of sp³-hybridized carbons (Fsp3) is 0.800. The lowest BCUT2D eigenvalue weighted by molar-refractivity contribution is -0.138. The zero-order valence-corrected chi connectivity index (χ0v) is 18.7. The second kappa shape index (κ2) is 8.58. The van der Waals surface area contributed by atoms with Crippen molar-refractivity contribution in [1.82, 2.24) is 0 Å². The van der Waals surface area contributed by atoms with E-state index in [-0.39, 0.29) is 5.97 Å². The number of carbonyl (C=O) groups excluding carboxylic acids is 1. The Morgan fingerprint density at radius 2 is 1.50 bits per heavy atom. The summed E-state index contributed by atoms with van der Waals surface area (Å²) in [5.41, 5.74) is 0.446. The first-order valence-corrected chi connectivity index (χ1v) is 17.1. The van der Waals surface area contributed by atoms with E-state index in [1.54, 1.807) is 6.92 Å². The standard InChI is InChI=1S/C15H34O4Si3/c1-10-20(4,5)18-22(8,9)19-21(6,7)13-11-12-17-15(16)14(2)3/h2,10-13H2,1,3-9H3. The van der Waals surface area contributed by atoms with Gasteiger partial charge < -0.3 is 13.0 Å². The second-order valence-electron chi connectivity index (χ2n) is 7.50. The molecule has 4 nitrogen and oxygen atoms in total. The molecule has 130 valence electrons. The van der Waals surface area contributed by atoms with E-state index in [4.69, 9.17) is 13.0 Å². The molecule has 0 atom stereocenters. The number of carbonyl (C=O) groups is 1. The number of hydrogen-bond acceptors (Lipinski definition) is 4. The average Bonchev–Trinajstić information content (AvgIpc) is 2.31. The lowest BCUT2D eigenvalue weighted by atomic mass is 10.4. The van der Waals surface area contributed by atoms with Crippen LogP contribution in [0.5, 0.6) is 0 Å². The minimum atomic E-state index is -2.09. The van der Waals surface area contributed by atoms with E-state index < -0.39 is 25.2 Å². The Morgan fingerprint density at radius 3 is 1.95 bits per heavy atom. The number of esters is 1. The third kappa shape index (κ3) is 9.73. The maximum atomic E-state index is 11.3. The van der Waals surface area contributed by atoms with Crippen LogP contribution in [0.15, 0.2) is 12.2 Å². The van der Waals surface area contributed by atoms with E-state index in [1.807, 2.05) is 0 Å². The smallest absolute Gasteiger partial charge is 0.333 e. The Kier molecular flexibility index (Phi) is 8.50. The minimum Gasteiger partial charge on any atom is -0.462 e. The lowest BCUT2D eigenvalue weighted by Crippen LogP contribution is -2.52. The van der Waals surface area contributed by atoms with Gasteiger partial charge in [0, 0.05) is 5.57 Å². The van der Waals surface area contributed by atoms with Crippen molar-refractivity contribution in [3.8, 4) is 0 Å². The van der Waals surface area contributed by atoms with E-state index in [2.05, 4.69) is 52.8 Å². The third-order valence-corrected chi connectivity index (χ3v) is 15.0. The average molecular weight is 363 g/mol. The van der Waals surface area contributed by atoms with Crippen molar-refractivity contribution >= 4 is 31.2 Å². The highest BCUT2D eigenvalue weighted by Gasteiger charge is 2.38. The first-order chi connectivity index (χ1) is 9.80. The van der Waals surface area contributed by atoms with Crippen LogP contribution in [-0.2, 0) is 17.8 Å². The van der Waals surface area contributed by atoms with Gasteiger partial charge in [0.1, 0.15) is 0 Å². The predicted octanol–water partition coefficient (Wildman–Crippen LogP) is 4.66. The fourth-order valence-electron chi connectivity index (χ4n) is 2.26. The van der Waals surface area contributed by atoms with Crippen molar-refractivity contribution in [2.24, 2.45) is 0 Å². The molecule has 0 aromatic heterocycles. The summed E-state index contributed by atoms with van der Waals surface area (Å²) in [6, 6.07) is 2.07. The molecule has 0 unspecified atom stereocenters. The lowest BCUT2D eigenvalue weighted by Gasteiger charge is -2.38. The molecule has 0 saturated carbocycles. The maximum absolute atomic E-state index is 11.3. The summed E-state index contributed by atoms with van der Waals surface area (Å²) in [6.07, 6.45) is 0.831. The fourth-order valence-corrected chi connectivity index (χ4v) is 15.4. The number of hydrogen-bond donors (Lipinski definition) is 0. The topological polar surface area (TPSA) is 44.8 Å². The predicted molar refractivity (Wildman–Crippen MR) is 100 cm³/mol. The molecule has 0 radical (unpaired) electrons. The highest BCUT2D eigenvalue weighted by molar-refractivity contribution is 6.87. The van der Waals surface area contributed by atoms with Crippen molar-refractivity contribution in [1.29, 1.82) is 0 Å². The Morgan fingerprint density at radius 1 is 1.00 bits per heavy atom. The molecule has 0 aliphatic rings. The monoisotopic (exact) mass is 362 g/mol. The van der Waals surface area contributed by atoms with Crippen molar-refractivity contribution in [3.05, 3.63) is 12.2 Å². The van der Waals surface area contributed by atoms with Crippen LogP contribution < -0.4 is 0 Å². The normalized spacial score (nSPS) is 13.1. The van der Waals surface area contributed by atoms with Gasteiger partial charge in [0.25, 0.3) is 0 Å². The van der Waals surface area contributed by atoms with Crippen molar-refractivity contribution in [2.75, 3.05) is 6.61 Å². The van der Waals surface area contributed by atoms with Gasteiger partial charge in [0.05, 0.1) is 6.61 Å². The van der Waals surface area contributed by atoms with Gasteiger partial charge in [0.15, 0.2) is 16.6 Å². The molecular weight excluding hydrogens is 328 g/mol. The van der Waals surface area contributed by atoms with Crippen LogP contribution in [0.25, 0.3) is 0 Å². The van der Waals surface area contributed by atoms with E-state index >= 15 is 0 Å². The number of rotatable bonds is 10. The Hall–Kier alpha value is -0.219. The zero-order chi connectivity index (χ0) is 17.6. The molecule has 0 aromatic rings. The van der Waals surface area contributed by atoms with Crippen LogP contribution >= 0.6 is 0 Å². The van der Waals surface area contributed by atoms with Gasteiger partial charge in [-0.15, -0.1) is 0 Å². The largest absolute Gasteiger partial charge is 0.462 e. The molecule has 0 heterocycles. The Balaban J connectivity index is 4.33. The molecule has 0 aliphatic heterocycles. The summed E-state index contributed by atoms with van der Waals surface area (Å²) in [5, 5.41) is 0. The maximum Gasteiger partial charge on any atom is 0.333 e. The summed E-state index contributed by atoms with van der Waals surface area (Å²) < 4.78 is 18.0. The van der Waals surface area contributed by atoms with E-state index in [9.17, 15) is 4.79 Å². The van der Waals surface area contributed by atoms with Gasteiger partial charge in [-0.25, -0.2) is 4.79 Å². The van der Waals surface area contributed by atoms with Crippen LogP contribution in [-0.4, -0.2) is 37.8 Å². The summed E-state index contributed by atoms with van der Waals surface area (Å²) in [4.78, 5) is 11.3. The van der Waals surface area contributed by atoms with E-state index in [0.717, 1.165) is 18.5 Å². The molecule has 0 amide bonds. The zero-order valence-electron chi connectivity index (χ0n) is 15.7. The molecule has 22 heavy (non-hydrogen) atoms. The first-order valence-electron chi connectivity index (χ1n) is 8.03. The summed E-state index contributed by atoms with van der Waals surface area (Å²) in [5.74, 6) is -0.311. The SMILES string of the molecule is C=C(C)C(=O)OCCC[Si](C)(C)O[Si](C)(C)O[Si](C)(C)CC. The molecule has 0 N–H and O–H groups in total. The minimum absolute atomic E-state index is 0.311. The summed E-state index contributed by atoms with van der Waals surface area (Å²) in [6.45, 7) is 21.1. The van der Waals surface area contributed by atoms with Gasteiger partial charge in [0.2, 0.25) is 0 Å². The Bertz CT molecular complexity index is 392. The molecule has 0 fully saturated rings. The van der Waals surface area contributed by atoms with Crippen LogP contribution in [0.3, 0.4) is 0 Å². The van der Waals surface area contributed by atoms with E-state index in [0.29, 0.717) is 12.2 Å². The van der Waals surface area contributed by atoms with Crippen LogP contribution in [0.1, 0.15) is 20.3 Å². The molecule has 0 saturated heterocycles. The summed E-state index contributed by atoms with van der Waals surface area (Å²) in [7, 11) is -5.50. The van der Waals surface area contributed by atoms with Gasteiger partial charge in [-0.05, 0) is 64.7 Å². The van der Waals surface area contributed by atoms with Gasteiger partial charge in [-0.1, -0.05) is 13.5 Å². The van der Waals surface area contributed by atoms with Crippen molar-refractivity contribution in [3.63, 3.8) is 0 Å². The van der Waals surface area contributed by atoms with Crippen molar-refractivity contribution < 1.29 is 17.8 Å². The van der Waals surface area contributed by atoms with E-state index in [1.165, 1.54) is 0 Å². The van der Waals surface area contributed by atoms with Gasteiger partial charge in [-0.3, -0.25) is 0 Å². The molecule has 7 heteroatoms. The third-order valence-electron chi connectivity index (χ3n) is 3.40. The molecule has 0 aromatic carbocycles. The molecule has 0 spiro atoms. The van der Waals surface area contributed by atoms with Crippen molar-refractivity contribution in [2.45, 2.75) is 71.6 Å². The molecule has 0 bridgehead atoms. The summed E-state index contributed by atoms with van der Waals surface area (Å²) >= 11 is 0. The molecule has 0 aliphatic carbocycles. The Labute approximate surface area is 139 Å². The van der Waals surface area contributed by atoms with Gasteiger partial charge >= 0.3 is 14.5 Å². The quantitative estimate of drug-likeness (QED) is 0.245. The first kappa shape index (κ1) is 21.8. The van der Waals surface area contributed by atoms with Crippen LogP contribution in [0.4, 0.5) is 0 Å². The van der Waals surface area contributed by atoms with Gasteiger partial charge in [-0.2, -0.15) is 0 Å². The molecular formula is C15H34O4Si3. The second-order valence-corrected chi connectivity index (χ2v) is 20.2. The highest BCUT2D eigenvalue weighted by atomic mass is 28.5. The molecule has 0 rings (SSSR count). The van der Waals surface area contributed by atoms with Crippen LogP contribution in [0.2, 0.25) is 51.4 Å². The number of ether oxygens (including phenoxy) is 1. The highest BCUT2D eigenvalue weighted by Crippen LogP contribution is 2.25. The van der Waals surface area contributed by atoms with Crippen LogP contribution in [0, 0.1) is 0 Å².